The second-order valence-electron chi connectivity index (χ2n) is 3.60. The Kier molecular flexibility index (Phi) is 2.05. The second kappa shape index (κ2) is 3.05. The van der Waals surface area contributed by atoms with E-state index in [2.05, 4.69) is 11.7 Å². The molecule has 3 atom stereocenters. The summed E-state index contributed by atoms with van der Waals surface area (Å²) in [4.78, 5) is 10.8. The zero-order valence-electron chi connectivity index (χ0n) is 7.25. The summed E-state index contributed by atoms with van der Waals surface area (Å²) in [5, 5.41) is 2.93. The van der Waals surface area contributed by atoms with Gasteiger partial charge in [-0.05, 0) is 19.3 Å². The van der Waals surface area contributed by atoms with Crippen molar-refractivity contribution in [3.05, 3.63) is 6.42 Å². The highest BCUT2D eigenvalue weighted by Crippen LogP contribution is 2.35. The maximum Gasteiger partial charge on any atom is 0.217 e. The minimum absolute atomic E-state index is 0.0520. The minimum Gasteiger partial charge on any atom is -0.376 e. The SMILES string of the molecule is CC(=O)N[C@H]1CO[C@@H]2C[CH]C[C@H]12. The molecule has 1 saturated carbocycles. The van der Waals surface area contributed by atoms with Gasteiger partial charge in [-0.15, -0.1) is 0 Å². The first-order valence-electron chi connectivity index (χ1n) is 4.48. The monoisotopic (exact) mass is 168 g/mol. The highest BCUT2D eigenvalue weighted by molar-refractivity contribution is 5.73. The summed E-state index contributed by atoms with van der Waals surface area (Å²) < 4.78 is 5.54. The van der Waals surface area contributed by atoms with Gasteiger partial charge in [-0.25, -0.2) is 0 Å². The quantitative estimate of drug-likeness (QED) is 0.619. The molecule has 2 rings (SSSR count). The molecule has 0 aromatic heterocycles. The van der Waals surface area contributed by atoms with Crippen molar-refractivity contribution in [3.8, 4) is 0 Å². The Labute approximate surface area is 72.5 Å². The minimum atomic E-state index is 0.0520. The van der Waals surface area contributed by atoms with Gasteiger partial charge in [0.15, 0.2) is 0 Å². The van der Waals surface area contributed by atoms with Crippen molar-refractivity contribution in [2.45, 2.75) is 31.9 Å². The molecule has 0 unspecified atom stereocenters. The summed E-state index contributed by atoms with van der Waals surface area (Å²) >= 11 is 0. The number of hydrogen-bond acceptors (Lipinski definition) is 2. The molecule has 0 aromatic carbocycles. The molecule has 1 radical (unpaired) electrons. The third-order valence-corrected chi connectivity index (χ3v) is 2.71. The van der Waals surface area contributed by atoms with Crippen LogP contribution < -0.4 is 5.32 Å². The van der Waals surface area contributed by atoms with Crippen LogP contribution in [0.3, 0.4) is 0 Å². The summed E-state index contributed by atoms with van der Waals surface area (Å²) in [7, 11) is 0. The fraction of sp³-hybridized carbons (Fsp3) is 0.778. The summed E-state index contributed by atoms with van der Waals surface area (Å²) in [6, 6.07) is 0.256. The van der Waals surface area contributed by atoms with Gasteiger partial charge >= 0.3 is 0 Å². The molecule has 1 aliphatic carbocycles. The van der Waals surface area contributed by atoms with E-state index >= 15 is 0 Å². The van der Waals surface area contributed by atoms with E-state index in [4.69, 9.17) is 4.74 Å². The highest BCUT2D eigenvalue weighted by atomic mass is 16.5. The molecule has 0 aromatic rings. The molecule has 0 spiro atoms. The van der Waals surface area contributed by atoms with E-state index in [1.807, 2.05) is 0 Å². The van der Waals surface area contributed by atoms with Gasteiger partial charge in [-0.2, -0.15) is 0 Å². The zero-order valence-corrected chi connectivity index (χ0v) is 7.25. The summed E-state index contributed by atoms with van der Waals surface area (Å²) in [6.45, 7) is 2.26. The Morgan fingerprint density at radius 3 is 3.17 bits per heavy atom. The van der Waals surface area contributed by atoms with Crippen molar-refractivity contribution in [2.24, 2.45) is 5.92 Å². The standard InChI is InChI=1S/C9H14NO2/c1-6(11)10-8-5-12-9-4-2-3-7(8)9/h2,7-9H,3-5H2,1H3,(H,10,11)/t7-,8+,9-/m1/s1. The van der Waals surface area contributed by atoms with E-state index in [0.717, 1.165) is 12.8 Å². The van der Waals surface area contributed by atoms with Crippen LogP contribution in [-0.2, 0) is 9.53 Å². The van der Waals surface area contributed by atoms with E-state index in [1.165, 1.54) is 0 Å². The maximum atomic E-state index is 10.8. The molecular formula is C9H14NO2. The molecule has 2 fully saturated rings. The average molecular weight is 168 g/mol. The fourth-order valence-electron chi connectivity index (χ4n) is 2.16. The second-order valence-corrected chi connectivity index (χ2v) is 3.60. The first kappa shape index (κ1) is 8.05. The number of carbonyl (C=O) groups excluding carboxylic acids is 1. The third kappa shape index (κ3) is 1.33. The molecule has 1 N–H and O–H groups in total. The van der Waals surface area contributed by atoms with Crippen molar-refractivity contribution < 1.29 is 9.53 Å². The molecule has 12 heavy (non-hydrogen) atoms. The highest BCUT2D eigenvalue weighted by Gasteiger charge is 2.40. The topological polar surface area (TPSA) is 38.3 Å². The molecule has 1 saturated heterocycles. The first-order chi connectivity index (χ1) is 5.77. The van der Waals surface area contributed by atoms with Gasteiger partial charge in [0.1, 0.15) is 0 Å². The molecule has 3 nitrogen and oxygen atoms in total. The van der Waals surface area contributed by atoms with Crippen LogP contribution in [0.4, 0.5) is 0 Å². The average Bonchev–Trinajstić information content (AvgIpc) is 2.52. The van der Waals surface area contributed by atoms with Crippen molar-refractivity contribution in [1.82, 2.24) is 5.32 Å². The van der Waals surface area contributed by atoms with E-state index in [-0.39, 0.29) is 11.9 Å². The van der Waals surface area contributed by atoms with Gasteiger partial charge in [-0.1, -0.05) is 0 Å². The van der Waals surface area contributed by atoms with Crippen molar-refractivity contribution in [1.29, 1.82) is 0 Å². The van der Waals surface area contributed by atoms with Gasteiger partial charge in [0.25, 0.3) is 0 Å². The number of hydrogen-bond donors (Lipinski definition) is 1. The molecule has 1 aliphatic heterocycles. The van der Waals surface area contributed by atoms with Gasteiger partial charge in [0.05, 0.1) is 18.8 Å². The predicted octanol–water partition coefficient (Wildman–Crippen LogP) is 0.504. The fourth-order valence-corrected chi connectivity index (χ4v) is 2.16. The molecule has 2 aliphatic rings. The molecule has 1 amide bonds. The van der Waals surface area contributed by atoms with Gasteiger partial charge < -0.3 is 10.1 Å². The van der Waals surface area contributed by atoms with Crippen LogP contribution in [0.15, 0.2) is 0 Å². The van der Waals surface area contributed by atoms with Crippen molar-refractivity contribution in [2.75, 3.05) is 6.61 Å². The molecule has 3 heteroatoms. The van der Waals surface area contributed by atoms with Gasteiger partial charge in [0, 0.05) is 12.8 Å². The Morgan fingerprint density at radius 1 is 1.58 bits per heavy atom. The van der Waals surface area contributed by atoms with Crippen LogP contribution in [0.1, 0.15) is 19.8 Å². The van der Waals surface area contributed by atoms with Gasteiger partial charge in [-0.3, -0.25) is 4.79 Å². The normalized spacial score (nSPS) is 39.6. The Morgan fingerprint density at radius 2 is 2.42 bits per heavy atom. The lowest BCUT2D eigenvalue weighted by molar-refractivity contribution is -0.119. The van der Waals surface area contributed by atoms with Crippen LogP contribution >= 0.6 is 0 Å². The van der Waals surface area contributed by atoms with Crippen LogP contribution in [0.5, 0.6) is 0 Å². The molecule has 1 heterocycles. The van der Waals surface area contributed by atoms with Crippen LogP contribution in [0, 0.1) is 12.3 Å². The Bertz CT molecular complexity index is 193. The summed E-state index contributed by atoms with van der Waals surface area (Å²) in [5.41, 5.74) is 0. The first-order valence-corrected chi connectivity index (χ1v) is 4.48. The third-order valence-electron chi connectivity index (χ3n) is 2.71. The summed E-state index contributed by atoms with van der Waals surface area (Å²) in [5.74, 6) is 0.588. The van der Waals surface area contributed by atoms with Crippen molar-refractivity contribution >= 4 is 5.91 Å². The number of nitrogens with one attached hydrogen (secondary N) is 1. The number of fused-ring (bicyclic) bond motifs is 1. The lowest BCUT2D eigenvalue weighted by atomic mass is 10.00. The Hall–Kier alpha value is -0.570. The van der Waals surface area contributed by atoms with E-state index in [0.29, 0.717) is 18.6 Å². The van der Waals surface area contributed by atoms with Crippen LogP contribution in [0.2, 0.25) is 0 Å². The number of carbonyl (C=O) groups is 1. The van der Waals surface area contributed by atoms with Crippen LogP contribution in [-0.4, -0.2) is 24.7 Å². The zero-order chi connectivity index (χ0) is 8.55. The lowest BCUT2D eigenvalue weighted by Gasteiger charge is -2.15. The predicted molar refractivity (Wildman–Crippen MR) is 44.4 cm³/mol. The lowest BCUT2D eigenvalue weighted by Crippen LogP contribution is -2.38. The van der Waals surface area contributed by atoms with Gasteiger partial charge in [0.2, 0.25) is 5.91 Å². The van der Waals surface area contributed by atoms with E-state index in [9.17, 15) is 4.79 Å². The van der Waals surface area contributed by atoms with E-state index < -0.39 is 0 Å². The molecule has 0 bridgehead atoms. The Balaban J connectivity index is 1.95. The summed E-state index contributed by atoms with van der Waals surface area (Å²) in [6.07, 6.45) is 4.78. The molecular weight excluding hydrogens is 154 g/mol. The van der Waals surface area contributed by atoms with E-state index in [1.54, 1.807) is 6.92 Å². The number of amides is 1. The smallest absolute Gasteiger partial charge is 0.217 e. The maximum absolute atomic E-state index is 10.8. The number of ether oxygens (including phenoxy) is 1. The van der Waals surface area contributed by atoms with Crippen molar-refractivity contribution in [3.63, 3.8) is 0 Å². The molecule has 67 valence electrons. The van der Waals surface area contributed by atoms with Crippen LogP contribution in [0.25, 0.3) is 0 Å². The largest absolute Gasteiger partial charge is 0.376 e. The number of rotatable bonds is 1.